The van der Waals surface area contributed by atoms with Gasteiger partial charge >= 0.3 is 0 Å². The molecule has 32 heavy (non-hydrogen) atoms. The first-order valence-electron chi connectivity index (χ1n) is 10.5. The molecule has 0 fully saturated rings. The summed E-state index contributed by atoms with van der Waals surface area (Å²) in [6.07, 6.45) is 5.29. The second kappa shape index (κ2) is 11.4. The maximum absolute atomic E-state index is 10.7. The Bertz CT molecular complexity index is 1010. The molecule has 0 saturated carbocycles. The summed E-state index contributed by atoms with van der Waals surface area (Å²) in [6.45, 7) is 4.38. The quantitative estimate of drug-likeness (QED) is 0.326. The molecule has 2 aromatic heterocycles. The van der Waals surface area contributed by atoms with Crippen LogP contribution in [0.2, 0.25) is 5.02 Å². The molecule has 3 rings (SSSR count). The van der Waals surface area contributed by atoms with E-state index in [1.165, 1.54) is 0 Å². The van der Waals surface area contributed by atoms with Gasteiger partial charge in [-0.15, -0.1) is 0 Å². The summed E-state index contributed by atoms with van der Waals surface area (Å²) in [7, 11) is 1.67. The number of ether oxygens (including phenoxy) is 1. The molecule has 9 heteroatoms. The zero-order chi connectivity index (χ0) is 23.1. The molecule has 3 atom stereocenters. The van der Waals surface area contributed by atoms with Crippen LogP contribution in [0.5, 0.6) is 0 Å². The third-order valence-corrected chi connectivity index (χ3v) is 5.44. The van der Waals surface area contributed by atoms with Crippen molar-refractivity contribution in [3.63, 3.8) is 0 Å². The molecule has 0 radical (unpaired) electrons. The zero-order valence-corrected chi connectivity index (χ0v) is 19.3. The fourth-order valence-electron chi connectivity index (χ4n) is 3.38. The zero-order valence-electron chi connectivity index (χ0n) is 18.5. The van der Waals surface area contributed by atoms with Crippen LogP contribution in [0.4, 0.5) is 5.95 Å². The first kappa shape index (κ1) is 24.2. The monoisotopic (exact) mass is 459 g/mol. The Morgan fingerprint density at radius 3 is 2.75 bits per heavy atom. The number of benzene rings is 1. The maximum atomic E-state index is 10.7. The molecule has 8 nitrogen and oxygen atoms in total. The number of halogens is 1. The van der Waals surface area contributed by atoms with Gasteiger partial charge in [0.05, 0.1) is 25.3 Å². The summed E-state index contributed by atoms with van der Waals surface area (Å²) in [5, 5.41) is 27.4. The SMILES string of the molecule is CCC(COC)Nc1ncc(C)c(-n2ccc(C(O)NC(CO)c3cccc(Cl)c3)c2)n1. The van der Waals surface area contributed by atoms with Crippen LogP contribution in [0.15, 0.2) is 48.9 Å². The summed E-state index contributed by atoms with van der Waals surface area (Å²) in [5.74, 6) is 1.23. The van der Waals surface area contributed by atoms with Crippen LogP contribution in [-0.4, -0.2) is 51.1 Å². The van der Waals surface area contributed by atoms with Crippen molar-refractivity contribution >= 4 is 17.5 Å². The molecule has 0 aliphatic heterocycles. The molecule has 1 aromatic carbocycles. The Labute approximate surface area is 193 Å². The fourth-order valence-corrected chi connectivity index (χ4v) is 3.58. The smallest absolute Gasteiger partial charge is 0.224 e. The average molecular weight is 460 g/mol. The molecular formula is C23H30ClN5O3. The maximum Gasteiger partial charge on any atom is 0.224 e. The summed E-state index contributed by atoms with van der Waals surface area (Å²) in [5.41, 5.74) is 2.33. The third-order valence-electron chi connectivity index (χ3n) is 5.21. The van der Waals surface area contributed by atoms with Gasteiger partial charge < -0.3 is 24.8 Å². The molecule has 0 bridgehead atoms. The predicted octanol–water partition coefficient (Wildman–Crippen LogP) is 3.38. The van der Waals surface area contributed by atoms with Gasteiger partial charge in [-0.25, -0.2) is 4.98 Å². The first-order valence-corrected chi connectivity index (χ1v) is 10.9. The summed E-state index contributed by atoms with van der Waals surface area (Å²) < 4.78 is 7.07. The topological polar surface area (TPSA) is 104 Å². The first-order chi connectivity index (χ1) is 15.4. The van der Waals surface area contributed by atoms with Gasteiger partial charge in [0.2, 0.25) is 5.95 Å². The highest BCUT2D eigenvalue weighted by Gasteiger charge is 2.18. The van der Waals surface area contributed by atoms with Gasteiger partial charge in [0, 0.05) is 41.8 Å². The lowest BCUT2D eigenvalue weighted by molar-refractivity contribution is 0.104. The Balaban J connectivity index is 1.76. The molecule has 0 aliphatic carbocycles. The van der Waals surface area contributed by atoms with Crippen molar-refractivity contribution in [1.82, 2.24) is 19.9 Å². The van der Waals surface area contributed by atoms with Crippen molar-refractivity contribution in [1.29, 1.82) is 0 Å². The molecule has 4 N–H and O–H groups in total. The van der Waals surface area contributed by atoms with Gasteiger partial charge in [-0.3, -0.25) is 5.32 Å². The van der Waals surface area contributed by atoms with Crippen LogP contribution in [0.1, 0.15) is 42.3 Å². The van der Waals surface area contributed by atoms with E-state index < -0.39 is 12.3 Å². The van der Waals surface area contributed by atoms with Gasteiger partial charge in [-0.2, -0.15) is 4.98 Å². The lowest BCUT2D eigenvalue weighted by atomic mass is 10.1. The molecule has 172 valence electrons. The highest BCUT2D eigenvalue weighted by Crippen LogP contribution is 2.23. The standard InChI is InChI=1S/C23H30ClN5O3/c1-4-19(14-32-3)26-23-25-11-15(2)21(28-23)29-9-8-17(12-29)22(31)27-20(13-30)16-6-5-7-18(24)10-16/h5-12,19-20,22,27,30-31H,4,13-14H2,1-3H3,(H,25,26,28). The van der Waals surface area contributed by atoms with Crippen LogP contribution >= 0.6 is 11.6 Å². The number of aryl methyl sites for hydroxylation is 1. The second-order valence-corrected chi connectivity index (χ2v) is 8.05. The van der Waals surface area contributed by atoms with Gasteiger partial charge in [-0.1, -0.05) is 30.7 Å². The van der Waals surface area contributed by atoms with Crippen LogP contribution in [0, 0.1) is 6.92 Å². The second-order valence-electron chi connectivity index (χ2n) is 7.62. The molecule has 0 spiro atoms. The van der Waals surface area contributed by atoms with Crippen molar-refractivity contribution < 1.29 is 14.9 Å². The largest absolute Gasteiger partial charge is 0.394 e. The van der Waals surface area contributed by atoms with Gasteiger partial charge in [0.15, 0.2) is 0 Å². The van der Waals surface area contributed by atoms with E-state index in [0.717, 1.165) is 17.5 Å². The number of rotatable bonds is 11. The van der Waals surface area contributed by atoms with E-state index in [-0.39, 0.29) is 12.6 Å². The Morgan fingerprint density at radius 1 is 1.25 bits per heavy atom. The number of nitrogens with one attached hydrogen (secondary N) is 2. The Hall–Kier alpha value is -2.49. The summed E-state index contributed by atoms with van der Waals surface area (Å²) in [6, 6.07) is 8.64. The van der Waals surface area contributed by atoms with Gasteiger partial charge in [-0.05, 0) is 37.1 Å². The van der Waals surface area contributed by atoms with Crippen LogP contribution in [0.25, 0.3) is 5.82 Å². The minimum absolute atomic E-state index is 0.115. The van der Waals surface area contributed by atoms with E-state index >= 15 is 0 Å². The van der Waals surface area contributed by atoms with Crippen molar-refractivity contribution in [3.05, 3.63) is 70.6 Å². The van der Waals surface area contributed by atoms with Gasteiger partial charge in [0.25, 0.3) is 0 Å². The molecule has 0 saturated heterocycles. The molecule has 3 aromatic rings. The fraction of sp³-hybridized carbons (Fsp3) is 0.391. The van der Waals surface area contributed by atoms with E-state index in [4.69, 9.17) is 16.3 Å². The van der Waals surface area contributed by atoms with Crippen molar-refractivity contribution in [2.24, 2.45) is 0 Å². The van der Waals surface area contributed by atoms with Gasteiger partial charge in [0.1, 0.15) is 12.0 Å². The minimum Gasteiger partial charge on any atom is -0.394 e. The lowest BCUT2D eigenvalue weighted by Gasteiger charge is -2.21. The van der Waals surface area contributed by atoms with E-state index in [2.05, 4.69) is 27.5 Å². The van der Waals surface area contributed by atoms with E-state index in [1.54, 1.807) is 37.7 Å². The van der Waals surface area contributed by atoms with Crippen molar-refractivity contribution in [2.75, 3.05) is 25.6 Å². The number of hydrogen-bond donors (Lipinski definition) is 4. The predicted molar refractivity (Wildman–Crippen MR) is 125 cm³/mol. The van der Waals surface area contributed by atoms with E-state index in [1.807, 2.05) is 29.8 Å². The molecular weight excluding hydrogens is 430 g/mol. The normalized spacial score (nSPS) is 14.2. The number of methoxy groups -OCH3 is 1. The number of nitrogens with zero attached hydrogens (tertiary/aromatic N) is 3. The number of aliphatic hydroxyl groups is 2. The summed E-state index contributed by atoms with van der Waals surface area (Å²) in [4.78, 5) is 9.02. The lowest BCUT2D eigenvalue weighted by Crippen LogP contribution is -2.28. The Kier molecular flexibility index (Phi) is 8.60. The summed E-state index contributed by atoms with van der Waals surface area (Å²) >= 11 is 6.06. The van der Waals surface area contributed by atoms with Crippen molar-refractivity contribution in [2.45, 2.75) is 38.6 Å². The number of aliphatic hydroxyl groups excluding tert-OH is 2. The molecule has 0 aliphatic rings. The molecule has 0 amide bonds. The third kappa shape index (κ3) is 6.05. The minimum atomic E-state index is -0.988. The van der Waals surface area contributed by atoms with Crippen LogP contribution in [-0.2, 0) is 4.74 Å². The highest BCUT2D eigenvalue weighted by atomic mass is 35.5. The number of aromatic nitrogens is 3. The van der Waals surface area contributed by atoms with Crippen LogP contribution < -0.4 is 10.6 Å². The highest BCUT2D eigenvalue weighted by molar-refractivity contribution is 6.30. The Morgan fingerprint density at radius 2 is 2.06 bits per heavy atom. The average Bonchev–Trinajstić information content (AvgIpc) is 3.28. The molecule has 3 unspecified atom stereocenters. The number of anilines is 1. The van der Waals surface area contributed by atoms with E-state index in [0.29, 0.717) is 29.0 Å². The number of hydrogen-bond acceptors (Lipinski definition) is 7. The van der Waals surface area contributed by atoms with Crippen molar-refractivity contribution in [3.8, 4) is 5.82 Å². The van der Waals surface area contributed by atoms with Crippen LogP contribution in [0.3, 0.4) is 0 Å². The van der Waals surface area contributed by atoms with E-state index in [9.17, 15) is 10.2 Å². The molecule has 2 heterocycles.